The number of hydrogen-bond acceptors (Lipinski definition) is 4. The van der Waals surface area contributed by atoms with Gasteiger partial charge in [-0.25, -0.2) is 4.79 Å². The van der Waals surface area contributed by atoms with Gasteiger partial charge >= 0.3 is 6.09 Å². The van der Waals surface area contributed by atoms with Gasteiger partial charge in [0.1, 0.15) is 5.60 Å². The maximum atomic E-state index is 11.9. The number of guanidine groups is 1. The smallest absolute Gasteiger partial charge is 0.407 e. The van der Waals surface area contributed by atoms with Crippen molar-refractivity contribution in [2.24, 2.45) is 4.99 Å². The molecule has 1 aromatic heterocycles. The van der Waals surface area contributed by atoms with Crippen LogP contribution in [0, 0.1) is 6.92 Å². The lowest BCUT2D eigenvalue weighted by Crippen LogP contribution is -2.48. The normalized spacial score (nSPS) is 20.4. The topological polar surface area (TPSA) is 87.6 Å². The Balaban J connectivity index is 1.67. The molecule has 0 unspecified atom stereocenters. The van der Waals surface area contributed by atoms with Crippen molar-refractivity contribution < 1.29 is 9.53 Å². The zero-order chi connectivity index (χ0) is 20.6. The van der Waals surface area contributed by atoms with Crippen LogP contribution in [0.25, 0.3) is 0 Å². The summed E-state index contributed by atoms with van der Waals surface area (Å²) in [5.74, 6) is 0.823. The van der Waals surface area contributed by atoms with E-state index in [0.29, 0.717) is 6.04 Å². The summed E-state index contributed by atoms with van der Waals surface area (Å²) in [6.45, 7) is 8.43. The lowest BCUT2D eigenvalue weighted by Gasteiger charge is -2.31. The molecule has 1 saturated carbocycles. The number of aromatic nitrogens is 1. The second kappa shape index (κ2) is 10.3. The van der Waals surface area contributed by atoms with Crippen molar-refractivity contribution in [3.63, 3.8) is 0 Å². The average Bonchev–Trinajstić information content (AvgIpc) is 2.62. The molecule has 1 aliphatic carbocycles. The minimum Gasteiger partial charge on any atom is -0.444 e. The fourth-order valence-corrected chi connectivity index (χ4v) is 3.22. The van der Waals surface area contributed by atoms with Crippen LogP contribution in [0.2, 0.25) is 0 Å². The third kappa shape index (κ3) is 8.15. The predicted molar refractivity (Wildman–Crippen MR) is 113 cm³/mol. The maximum Gasteiger partial charge on any atom is 0.407 e. The number of nitrogens with one attached hydrogen (secondary N) is 3. The number of rotatable bonds is 5. The molecule has 156 valence electrons. The number of hydrogen-bond donors (Lipinski definition) is 3. The van der Waals surface area contributed by atoms with Gasteiger partial charge in [0.25, 0.3) is 0 Å². The van der Waals surface area contributed by atoms with Gasteiger partial charge in [0.15, 0.2) is 5.96 Å². The zero-order valence-electron chi connectivity index (χ0n) is 17.8. The molecule has 1 heterocycles. The van der Waals surface area contributed by atoms with Gasteiger partial charge in [-0.1, -0.05) is 6.07 Å². The second-order valence-corrected chi connectivity index (χ2v) is 8.40. The molecule has 0 aliphatic heterocycles. The SMILES string of the molecule is CN=C(NCCc1ccc(C)nc1)NC1CCC(NC(=O)OC(C)(C)C)CC1. The molecule has 0 saturated heterocycles. The third-order valence-corrected chi connectivity index (χ3v) is 4.69. The van der Waals surface area contributed by atoms with Crippen LogP contribution >= 0.6 is 0 Å². The van der Waals surface area contributed by atoms with E-state index >= 15 is 0 Å². The van der Waals surface area contributed by atoms with E-state index in [0.717, 1.165) is 50.3 Å². The highest BCUT2D eigenvalue weighted by Crippen LogP contribution is 2.19. The van der Waals surface area contributed by atoms with E-state index in [1.54, 1.807) is 7.05 Å². The van der Waals surface area contributed by atoms with Crippen molar-refractivity contribution in [1.29, 1.82) is 0 Å². The van der Waals surface area contributed by atoms with Gasteiger partial charge < -0.3 is 20.7 Å². The summed E-state index contributed by atoms with van der Waals surface area (Å²) < 4.78 is 5.34. The highest BCUT2D eigenvalue weighted by Gasteiger charge is 2.25. The highest BCUT2D eigenvalue weighted by atomic mass is 16.6. The predicted octanol–water partition coefficient (Wildman–Crippen LogP) is 2.93. The Morgan fingerprint density at radius 1 is 1.18 bits per heavy atom. The molecule has 2 rings (SSSR count). The number of carbonyl (C=O) groups is 1. The molecule has 28 heavy (non-hydrogen) atoms. The van der Waals surface area contributed by atoms with Gasteiger partial charge in [-0.05, 0) is 71.4 Å². The molecule has 0 aromatic carbocycles. The Kier molecular flexibility index (Phi) is 8.08. The molecular weight excluding hydrogens is 354 g/mol. The van der Waals surface area contributed by atoms with Crippen LogP contribution in [0.3, 0.4) is 0 Å². The molecule has 3 N–H and O–H groups in total. The largest absolute Gasteiger partial charge is 0.444 e. The molecule has 1 aliphatic rings. The van der Waals surface area contributed by atoms with E-state index in [4.69, 9.17) is 4.74 Å². The van der Waals surface area contributed by atoms with E-state index in [2.05, 4.69) is 32.0 Å². The molecule has 1 fully saturated rings. The number of carbonyl (C=O) groups excluding carboxylic acids is 1. The molecular formula is C21H35N5O2. The van der Waals surface area contributed by atoms with Crippen molar-refractivity contribution in [3.05, 3.63) is 29.6 Å². The zero-order valence-corrected chi connectivity index (χ0v) is 17.8. The number of nitrogens with zero attached hydrogens (tertiary/aromatic N) is 2. The van der Waals surface area contributed by atoms with Crippen LogP contribution in [-0.4, -0.2) is 48.3 Å². The average molecular weight is 390 g/mol. The Hall–Kier alpha value is -2.31. The van der Waals surface area contributed by atoms with Crippen LogP contribution in [0.4, 0.5) is 4.79 Å². The first-order valence-corrected chi connectivity index (χ1v) is 10.1. The Labute approximate surface area is 168 Å². The maximum absolute atomic E-state index is 11.9. The number of aliphatic imine (C=N–C) groups is 1. The number of alkyl carbamates (subject to hydrolysis) is 1. The van der Waals surface area contributed by atoms with E-state index in [9.17, 15) is 4.79 Å². The molecule has 7 heteroatoms. The van der Waals surface area contributed by atoms with Crippen molar-refractivity contribution >= 4 is 12.1 Å². The van der Waals surface area contributed by atoms with Crippen LogP contribution in [0.15, 0.2) is 23.3 Å². The molecule has 0 bridgehead atoms. The van der Waals surface area contributed by atoms with Gasteiger partial charge in [-0.15, -0.1) is 0 Å². The molecule has 0 spiro atoms. The van der Waals surface area contributed by atoms with Crippen LogP contribution in [-0.2, 0) is 11.2 Å². The lowest BCUT2D eigenvalue weighted by atomic mass is 9.91. The van der Waals surface area contributed by atoms with Gasteiger partial charge in [-0.3, -0.25) is 9.98 Å². The minimum atomic E-state index is -0.463. The van der Waals surface area contributed by atoms with Gasteiger partial charge in [-0.2, -0.15) is 0 Å². The lowest BCUT2D eigenvalue weighted by molar-refractivity contribution is 0.0490. The van der Waals surface area contributed by atoms with Crippen molar-refractivity contribution in [1.82, 2.24) is 20.9 Å². The van der Waals surface area contributed by atoms with E-state index in [-0.39, 0.29) is 12.1 Å². The Bertz CT molecular complexity index is 644. The van der Waals surface area contributed by atoms with Gasteiger partial charge in [0.05, 0.1) is 0 Å². The first-order chi connectivity index (χ1) is 13.2. The third-order valence-electron chi connectivity index (χ3n) is 4.69. The highest BCUT2D eigenvalue weighted by molar-refractivity contribution is 5.80. The molecule has 0 radical (unpaired) electrons. The van der Waals surface area contributed by atoms with Crippen LogP contribution < -0.4 is 16.0 Å². The Morgan fingerprint density at radius 3 is 2.36 bits per heavy atom. The summed E-state index contributed by atoms with van der Waals surface area (Å²) in [5, 5.41) is 9.84. The quantitative estimate of drug-likeness (QED) is 0.532. The van der Waals surface area contributed by atoms with Gasteiger partial charge in [0.2, 0.25) is 0 Å². The summed E-state index contributed by atoms with van der Waals surface area (Å²) in [6, 6.07) is 4.69. The summed E-state index contributed by atoms with van der Waals surface area (Å²) >= 11 is 0. The number of pyridine rings is 1. The number of aryl methyl sites for hydroxylation is 1. The molecule has 0 atom stereocenters. The van der Waals surface area contributed by atoms with E-state index < -0.39 is 5.60 Å². The fourth-order valence-electron chi connectivity index (χ4n) is 3.22. The monoisotopic (exact) mass is 389 g/mol. The van der Waals surface area contributed by atoms with E-state index in [1.165, 1.54) is 5.56 Å². The first-order valence-electron chi connectivity index (χ1n) is 10.1. The minimum absolute atomic E-state index is 0.178. The van der Waals surface area contributed by atoms with E-state index in [1.807, 2.05) is 40.0 Å². The van der Waals surface area contributed by atoms with Crippen molar-refractivity contribution in [3.8, 4) is 0 Å². The standard InChI is InChI=1S/C21H35N5O2/c1-15-6-7-16(14-24-15)12-13-23-19(22-5)25-17-8-10-18(11-9-17)26-20(27)28-21(2,3)4/h6-7,14,17-18H,8-13H2,1-5H3,(H,26,27)(H2,22,23,25). The second-order valence-electron chi connectivity index (χ2n) is 8.40. The Morgan fingerprint density at radius 2 is 1.82 bits per heavy atom. The summed E-state index contributed by atoms with van der Waals surface area (Å²) in [7, 11) is 1.79. The van der Waals surface area contributed by atoms with Crippen LogP contribution in [0.1, 0.15) is 57.7 Å². The number of amides is 1. The summed E-state index contributed by atoms with van der Waals surface area (Å²) in [4.78, 5) is 20.6. The molecule has 1 aromatic rings. The molecule has 1 amide bonds. The van der Waals surface area contributed by atoms with Crippen LogP contribution in [0.5, 0.6) is 0 Å². The molecule has 7 nitrogen and oxygen atoms in total. The van der Waals surface area contributed by atoms with Crippen molar-refractivity contribution in [2.75, 3.05) is 13.6 Å². The summed E-state index contributed by atoms with van der Waals surface area (Å²) in [5.41, 5.74) is 1.78. The fraction of sp³-hybridized carbons (Fsp3) is 0.667. The number of ether oxygens (including phenoxy) is 1. The van der Waals surface area contributed by atoms with Crippen molar-refractivity contribution in [2.45, 2.75) is 77.5 Å². The van der Waals surface area contributed by atoms with Gasteiger partial charge in [0, 0.05) is 37.6 Å². The first kappa shape index (κ1) is 22.0. The summed E-state index contributed by atoms with van der Waals surface area (Å²) in [6.07, 6.45) is 6.34.